The molecule has 0 aromatic heterocycles. The standard InChI is InChI=1S/C32H36F2/c1-3-4-6-9-24-12-14-26(15-13-24)27-16-18-28(19-17-27)29-21-31(33)30(32(34)22-29)20-23(2)25-10-7-5-8-11-25/h3-5,7-8,10-15,21-23,27-28H,6,9,16-20H2,1-2H3/t23-,27?,28?/m0/s1. The molecular formula is C32H36F2. The van der Waals surface area contributed by atoms with Gasteiger partial charge in [-0.1, -0.05) is 73.7 Å². The summed E-state index contributed by atoms with van der Waals surface area (Å²) in [6.07, 6.45) is 10.9. The van der Waals surface area contributed by atoms with E-state index >= 15 is 0 Å². The lowest BCUT2D eigenvalue weighted by atomic mass is 9.76. The number of hydrogen-bond acceptors (Lipinski definition) is 0. The lowest BCUT2D eigenvalue weighted by Gasteiger charge is -2.29. The molecule has 4 rings (SSSR count). The van der Waals surface area contributed by atoms with Crippen LogP contribution >= 0.6 is 0 Å². The van der Waals surface area contributed by atoms with Crippen molar-refractivity contribution in [3.63, 3.8) is 0 Å². The van der Waals surface area contributed by atoms with Gasteiger partial charge in [0, 0.05) is 5.56 Å². The van der Waals surface area contributed by atoms with Crippen LogP contribution in [-0.2, 0) is 12.8 Å². The Labute approximate surface area is 203 Å². The second-order valence-corrected chi connectivity index (χ2v) is 9.88. The van der Waals surface area contributed by atoms with Crippen molar-refractivity contribution in [2.75, 3.05) is 0 Å². The Morgan fingerprint density at radius 3 is 2.00 bits per heavy atom. The Hall–Kier alpha value is -2.74. The third-order valence-corrected chi connectivity index (χ3v) is 7.53. The van der Waals surface area contributed by atoms with Gasteiger partial charge in [-0.15, -0.1) is 0 Å². The number of rotatable bonds is 8. The van der Waals surface area contributed by atoms with Crippen LogP contribution < -0.4 is 0 Å². The molecule has 0 nitrogen and oxygen atoms in total. The largest absolute Gasteiger partial charge is 0.207 e. The second kappa shape index (κ2) is 11.6. The zero-order valence-electron chi connectivity index (χ0n) is 20.4. The maximum Gasteiger partial charge on any atom is 0.129 e. The van der Waals surface area contributed by atoms with E-state index in [0.29, 0.717) is 12.3 Å². The monoisotopic (exact) mass is 458 g/mol. The smallest absolute Gasteiger partial charge is 0.129 e. The highest BCUT2D eigenvalue weighted by Gasteiger charge is 2.25. The number of allylic oxidation sites excluding steroid dienone is 2. The van der Waals surface area contributed by atoms with Gasteiger partial charge in [-0.3, -0.25) is 0 Å². The predicted molar refractivity (Wildman–Crippen MR) is 138 cm³/mol. The predicted octanol–water partition coefficient (Wildman–Crippen LogP) is 9.26. The van der Waals surface area contributed by atoms with Crippen molar-refractivity contribution >= 4 is 0 Å². The Balaban J connectivity index is 1.37. The number of hydrogen-bond donors (Lipinski definition) is 0. The van der Waals surface area contributed by atoms with E-state index in [0.717, 1.165) is 49.7 Å². The summed E-state index contributed by atoms with van der Waals surface area (Å²) in [4.78, 5) is 0. The highest BCUT2D eigenvalue weighted by Crippen LogP contribution is 2.41. The first-order valence-electron chi connectivity index (χ1n) is 12.8. The number of benzene rings is 3. The Morgan fingerprint density at radius 2 is 1.41 bits per heavy atom. The van der Waals surface area contributed by atoms with Gasteiger partial charge in [0.25, 0.3) is 0 Å². The van der Waals surface area contributed by atoms with Crippen LogP contribution in [-0.4, -0.2) is 0 Å². The molecule has 2 heteroatoms. The minimum atomic E-state index is -0.395. The zero-order chi connectivity index (χ0) is 23.9. The summed E-state index contributed by atoms with van der Waals surface area (Å²) in [5, 5.41) is 0. The van der Waals surface area contributed by atoms with Gasteiger partial charge in [0.05, 0.1) is 0 Å². The van der Waals surface area contributed by atoms with E-state index in [4.69, 9.17) is 0 Å². The molecule has 0 spiro atoms. The Kier molecular flexibility index (Phi) is 8.32. The fourth-order valence-corrected chi connectivity index (χ4v) is 5.39. The van der Waals surface area contributed by atoms with E-state index in [2.05, 4.69) is 43.3 Å². The quantitative estimate of drug-likeness (QED) is 0.295. The van der Waals surface area contributed by atoms with E-state index in [1.165, 1.54) is 11.1 Å². The van der Waals surface area contributed by atoms with Gasteiger partial charge in [0.2, 0.25) is 0 Å². The molecule has 0 N–H and O–H groups in total. The summed E-state index contributed by atoms with van der Waals surface area (Å²) in [7, 11) is 0. The molecule has 3 aromatic carbocycles. The van der Waals surface area contributed by atoms with Crippen LogP contribution in [0.5, 0.6) is 0 Å². The average Bonchev–Trinajstić information content (AvgIpc) is 2.87. The van der Waals surface area contributed by atoms with Crippen LogP contribution in [0.2, 0.25) is 0 Å². The van der Waals surface area contributed by atoms with E-state index in [-0.39, 0.29) is 17.4 Å². The molecule has 178 valence electrons. The highest BCUT2D eigenvalue weighted by atomic mass is 19.1. The van der Waals surface area contributed by atoms with Gasteiger partial charge in [-0.25, -0.2) is 8.78 Å². The fourth-order valence-electron chi connectivity index (χ4n) is 5.39. The van der Waals surface area contributed by atoms with Crippen LogP contribution in [0.4, 0.5) is 8.78 Å². The molecule has 0 aliphatic heterocycles. The molecular weight excluding hydrogens is 422 g/mol. The van der Waals surface area contributed by atoms with E-state index in [1.807, 2.05) is 37.3 Å². The van der Waals surface area contributed by atoms with Crippen molar-refractivity contribution in [3.05, 3.63) is 118 Å². The number of aryl methyl sites for hydroxylation is 1. The van der Waals surface area contributed by atoms with Gasteiger partial charge in [-0.05, 0) is 104 Å². The molecule has 0 amide bonds. The van der Waals surface area contributed by atoms with Crippen LogP contribution in [0.3, 0.4) is 0 Å². The summed E-state index contributed by atoms with van der Waals surface area (Å²) in [5.41, 5.74) is 4.92. The van der Waals surface area contributed by atoms with Crippen molar-refractivity contribution in [1.29, 1.82) is 0 Å². The van der Waals surface area contributed by atoms with Gasteiger partial charge in [0.15, 0.2) is 0 Å². The van der Waals surface area contributed by atoms with Crippen LogP contribution in [0.1, 0.15) is 91.5 Å². The lowest BCUT2D eigenvalue weighted by molar-refractivity contribution is 0.393. The van der Waals surface area contributed by atoms with Crippen LogP contribution in [0.15, 0.2) is 78.9 Å². The van der Waals surface area contributed by atoms with Gasteiger partial charge in [-0.2, -0.15) is 0 Å². The molecule has 0 unspecified atom stereocenters. The molecule has 1 aliphatic rings. The topological polar surface area (TPSA) is 0 Å². The van der Waals surface area contributed by atoms with Gasteiger partial charge >= 0.3 is 0 Å². The number of halogens is 2. The highest BCUT2D eigenvalue weighted by molar-refractivity contribution is 5.32. The third kappa shape index (κ3) is 6.03. The van der Waals surface area contributed by atoms with Crippen molar-refractivity contribution in [2.24, 2.45) is 0 Å². The normalized spacial score (nSPS) is 19.4. The Bertz CT molecular complexity index is 1050. The molecule has 1 saturated carbocycles. The van der Waals surface area contributed by atoms with E-state index in [1.54, 1.807) is 12.1 Å². The maximum atomic E-state index is 15.0. The summed E-state index contributed by atoms with van der Waals surface area (Å²) in [6.45, 7) is 4.08. The second-order valence-electron chi connectivity index (χ2n) is 9.88. The van der Waals surface area contributed by atoms with Crippen molar-refractivity contribution in [2.45, 2.75) is 76.5 Å². The maximum absolute atomic E-state index is 15.0. The summed E-state index contributed by atoms with van der Waals surface area (Å²) >= 11 is 0. The first kappa shape index (κ1) is 24.4. The molecule has 0 saturated heterocycles. The summed E-state index contributed by atoms with van der Waals surface area (Å²) < 4.78 is 30.0. The molecule has 1 atom stereocenters. The minimum absolute atomic E-state index is 0.0704. The zero-order valence-corrected chi connectivity index (χ0v) is 20.4. The van der Waals surface area contributed by atoms with Crippen molar-refractivity contribution < 1.29 is 8.78 Å². The van der Waals surface area contributed by atoms with Crippen molar-refractivity contribution in [3.8, 4) is 0 Å². The molecule has 0 heterocycles. The van der Waals surface area contributed by atoms with Crippen LogP contribution in [0.25, 0.3) is 0 Å². The molecule has 1 aliphatic carbocycles. The van der Waals surface area contributed by atoms with Gasteiger partial charge < -0.3 is 0 Å². The van der Waals surface area contributed by atoms with Crippen LogP contribution in [0, 0.1) is 11.6 Å². The molecule has 1 fully saturated rings. The first-order chi connectivity index (χ1) is 16.5. The first-order valence-corrected chi connectivity index (χ1v) is 12.8. The lowest BCUT2D eigenvalue weighted by Crippen LogP contribution is -2.13. The summed E-state index contributed by atoms with van der Waals surface area (Å²) in [5.74, 6) is 0.0605. The SMILES string of the molecule is CC=CCCc1ccc(C2CCC(c3cc(F)c(C[C@H](C)c4ccccc4)c(F)c3)CC2)cc1. The average molecular weight is 459 g/mol. The van der Waals surface area contributed by atoms with E-state index in [9.17, 15) is 8.78 Å². The molecule has 0 radical (unpaired) electrons. The minimum Gasteiger partial charge on any atom is -0.207 e. The third-order valence-electron chi connectivity index (χ3n) is 7.53. The van der Waals surface area contributed by atoms with E-state index < -0.39 is 11.6 Å². The fraction of sp³-hybridized carbons (Fsp3) is 0.375. The summed E-state index contributed by atoms with van der Waals surface area (Å²) in [6, 6.07) is 22.2. The van der Waals surface area contributed by atoms with Crippen molar-refractivity contribution in [1.82, 2.24) is 0 Å². The molecule has 3 aromatic rings. The van der Waals surface area contributed by atoms with Gasteiger partial charge in [0.1, 0.15) is 11.6 Å². The Morgan fingerprint density at radius 1 is 0.824 bits per heavy atom. The molecule has 0 bridgehead atoms. The molecule has 34 heavy (non-hydrogen) atoms.